The number of hydrogen-bond donors (Lipinski definition) is 0. The fourth-order valence-electron chi connectivity index (χ4n) is 2.73. The van der Waals surface area contributed by atoms with E-state index in [1.54, 1.807) is 36.8 Å². The molecule has 0 unspecified atom stereocenters. The van der Waals surface area contributed by atoms with Gasteiger partial charge in [-0.05, 0) is 41.5 Å². The van der Waals surface area contributed by atoms with Crippen molar-refractivity contribution in [3.05, 3.63) is 91.1 Å². The van der Waals surface area contributed by atoms with Crippen molar-refractivity contribution < 1.29 is 4.39 Å². The summed E-state index contributed by atoms with van der Waals surface area (Å²) in [6.45, 7) is 0. The van der Waals surface area contributed by atoms with Crippen molar-refractivity contribution in [2.24, 2.45) is 0 Å². The highest BCUT2D eigenvalue weighted by Crippen LogP contribution is 2.29. The molecular weight excluding hydrogens is 313 g/mol. The van der Waals surface area contributed by atoms with E-state index in [0.29, 0.717) is 5.56 Å². The number of halogens is 1. The smallest absolute Gasteiger partial charge is 0.131 e. The Hall–Kier alpha value is -3.40. The zero-order valence-corrected chi connectivity index (χ0v) is 13.3. The first-order chi connectivity index (χ1) is 12.3. The quantitative estimate of drug-likeness (QED) is 0.531. The number of rotatable bonds is 3. The van der Waals surface area contributed by atoms with E-state index in [-0.39, 0.29) is 5.82 Å². The van der Waals surface area contributed by atoms with Crippen molar-refractivity contribution in [1.29, 1.82) is 0 Å². The number of aromatic nitrogens is 3. The van der Waals surface area contributed by atoms with Crippen LogP contribution in [-0.2, 0) is 0 Å². The van der Waals surface area contributed by atoms with E-state index in [2.05, 4.69) is 15.2 Å². The van der Waals surface area contributed by atoms with Gasteiger partial charge in [0.1, 0.15) is 5.82 Å². The van der Waals surface area contributed by atoms with Gasteiger partial charge in [0.2, 0.25) is 0 Å². The van der Waals surface area contributed by atoms with Gasteiger partial charge < -0.3 is 0 Å². The van der Waals surface area contributed by atoms with Gasteiger partial charge in [-0.1, -0.05) is 36.4 Å². The zero-order chi connectivity index (χ0) is 17.1. The zero-order valence-electron chi connectivity index (χ0n) is 13.3. The number of nitrogens with zero attached hydrogens (tertiary/aromatic N) is 3. The molecule has 120 valence electrons. The maximum absolute atomic E-state index is 14.3. The van der Waals surface area contributed by atoms with Crippen molar-refractivity contribution in [1.82, 2.24) is 15.2 Å². The predicted octanol–water partition coefficient (Wildman–Crippen LogP) is 5.01. The van der Waals surface area contributed by atoms with Crippen molar-refractivity contribution in [2.75, 3.05) is 0 Å². The standard InChI is InChI=1S/C21H14FN3/c22-20-7-6-17(12-19(20)15-8-10-23-11-9-15)18-13-21(25-24-14-18)16-4-2-1-3-5-16/h1-14H. The van der Waals surface area contributed by atoms with Gasteiger partial charge in [0.15, 0.2) is 0 Å². The van der Waals surface area contributed by atoms with Gasteiger partial charge in [-0.25, -0.2) is 4.39 Å². The second-order valence-corrected chi connectivity index (χ2v) is 5.63. The van der Waals surface area contributed by atoms with Crippen LogP contribution in [0.5, 0.6) is 0 Å². The first kappa shape index (κ1) is 15.1. The van der Waals surface area contributed by atoms with Gasteiger partial charge in [-0.3, -0.25) is 4.98 Å². The lowest BCUT2D eigenvalue weighted by Crippen LogP contribution is -1.91. The largest absolute Gasteiger partial charge is 0.265 e. The van der Waals surface area contributed by atoms with Gasteiger partial charge in [0.05, 0.1) is 11.9 Å². The Bertz CT molecular complexity index is 1000. The molecule has 0 bridgehead atoms. The first-order valence-corrected chi connectivity index (χ1v) is 7.90. The molecule has 2 heterocycles. The van der Waals surface area contributed by atoms with E-state index in [4.69, 9.17) is 0 Å². The number of hydrogen-bond acceptors (Lipinski definition) is 3. The van der Waals surface area contributed by atoms with Crippen LogP contribution in [0.3, 0.4) is 0 Å². The van der Waals surface area contributed by atoms with Crippen molar-refractivity contribution in [3.63, 3.8) is 0 Å². The lowest BCUT2D eigenvalue weighted by molar-refractivity contribution is 0.631. The Kier molecular flexibility index (Phi) is 4.01. The SMILES string of the molecule is Fc1ccc(-c2cnnc(-c3ccccc3)c2)cc1-c1ccncc1. The van der Waals surface area contributed by atoms with Crippen LogP contribution in [0, 0.1) is 5.82 Å². The average Bonchev–Trinajstić information content (AvgIpc) is 2.70. The molecule has 0 fully saturated rings. The Morgan fingerprint density at radius 3 is 2.28 bits per heavy atom. The van der Waals surface area contributed by atoms with Gasteiger partial charge in [0.25, 0.3) is 0 Å². The average molecular weight is 327 g/mol. The molecule has 0 saturated heterocycles. The van der Waals surface area contributed by atoms with Crippen LogP contribution in [0.25, 0.3) is 33.5 Å². The minimum absolute atomic E-state index is 0.264. The summed E-state index contributed by atoms with van der Waals surface area (Å²) in [5.41, 5.74) is 4.89. The second kappa shape index (κ2) is 6.61. The number of pyridine rings is 1. The summed E-state index contributed by atoms with van der Waals surface area (Å²) in [5.74, 6) is -0.264. The third kappa shape index (κ3) is 3.15. The fraction of sp³-hybridized carbons (Fsp3) is 0. The van der Waals surface area contributed by atoms with Crippen molar-refractivity contribution in [2.45, 2.75) is 0 Å². The van der Waals surface area contributed by atoms with Crippen LogP contribution in [0.2, 0.25) is 0 Å². The Morgan fingerprint density at radius 2 is 1.48 bits per heavy atom. The molecule has 0 aliphatic carbocycles. The summed E-state index contributed by atoms with van der Waals surface area (Å²) in [5, 5.41) is 8.31. The highest BCUT2D eigenvalue weighted by Gasteiger charge is 2.09. The molecule has 4 heteroatoms. The maximum Gasteiger partial charge on any atom is 0.131 e. The monoisotopic (exact) mass is 327 g/mol. The molecule has 25 heavy (non-hydrogen) atoms. The van der Waals surface area contributed by atoms with Crippen molar-refractivity contribution in [3.8, 4) is 33.5 Å². The molecule has 2 aromatic carbocycles. The maximum atomic E-state index is 14.3. The molecular formula is C21H14FN3. The van der Waals surface area contributed by atoms with E-state index in [9.17, 15) is 4.39 Å². The fourth-order valence-corrected chi connectivity index (χ4v) is 2.73. The summed E-state index contributed by atoms with van der Waals surface area (Å²) in [6.07, 6.45) is 5.00. The first-order valence-electron chi connectivity index (χ1n) is 7.90. The summed E-state index contributed by atoms with van der Waals surface area (Å²) in [7, 11) is 0. The van der Waals surface area contributed by atoms with Gasteiger partial charge in [0, 0.05) is 29.1 Å². The molecule has 0 radical (unpaired) electrons. The van der Waals surface area contributed by atoms with Crippen LogP contribution >= 0.6 is 0 Å². The van der Waals surface area contributed by atoms with Gasteiger partial charge in [-0.2, -0.15) is 10.2 Å². The third-order valence-corrected chi connectivity index (χ3v) is 4.02. The molecule has 0 aliphatic heterocycles. The predicted molar refractivity (Wildman–Crippen MR) is 96.1 cm³/mol. The molecule has 2 aromatic heterocycles. The van der Waals surface area contributed by atoms with Gasteiger partial charge in [-0.15, -0.1) is 0 Å². The van der Waals surface area contributed by atoms with Crippen LogP contribution < -0.4 is 0 Å². The Labute approximate surface area is 144 Å². The summed E-state index contributed by atoms with van der Waals surface area (Å²) in [4.78, 5) is 3.99. The van der Waals surface area contributed by atoms with Crippen LogP contribution in [-0.4, -0.2) is 15.2 Å². The molecule has 0 aliphatic rings. The van der Waals surface area contributed by atoms with Crippen LogP contribution in [0.1, 0.15) is 0 Å². The third-order valence-electron chi connectivity index (χ3n) is 4.02. The normalized spacial score (nSPS) is 10.6. The van der Waals surface area contributed by atoms with Crippen molar-refractivity contribution >= 4 is 0 Å². The number of benzene rings is 2. The van der Waals surface area contributed by atoms with E-state index in [1.807, 2.05) is 42.5 Å². The van der Waals surface area contributed by atoms with Crippen LogP contribution in [0.15, 0.2) is 85.3 Å². The van der Waals surface area contributed by atoms with E-state index in [0.717, 1.165) is 27.9 Å². The van der Waals surface area contributed by atoms with E-state index in [1.165, 1.54) is 6.07 Å². The molecule has 0 amide bonds. The summed E-state index contributed by atoms with van der Waals surface area (Å²) in [6, 6.07) is 20.5. The molecule has 4 rings (SSSR count). The molecule has 0 N–H and O–H groups in total. The molecule has 0 saturated carbocycles. The Morgan fingerprint density at radius 1 is 0.680 bits per heavy atom. The topological polar surface area (TPSA) is 38.7 Å². The molecule has 0 atom stereocenters. The highest BCUT2D eigenvalue weighted by molar-refractivity contribution is 5.75. The highest BCUT2D eigenvalue weighted by atomic mass is 19.1. The molecule has 3 nitrogen and oxygen atoms in total. The molecule has 4 aromatic rings. The Balaban J connectivity index is 1.78. The summed E-state index contributed by atoms with van der Waals surface area (Å²) >= 11 is 0. The minimum Gasteiger partial charge on any atom is -0.265 e. The minimum atomic E-state index is -0.264. The molecule has 0 spiro atoms. The lowest BCUT2D eigenvalue weighted by Gasteiger charge is -2.08. The summed E-state index contributed by atoms with van der Waals surface area (Å²) < 4.78 is 14.3. The lowest BCUT2D eigenvalue weighted by atomic mass is 9.99. The second-order valence-electron chi connectivity index (χ2n) is 5.63. The van der Waals surface area contributed by atoms with E-state index < -0.39 is 0 Å². The van der Waals surface area contributed by atoms with Crippen LogP contribution in [0.4, 0.5) is 4.39 Å². The van der Waals surface area contributed by atoms with E-state index >= 15 is 0 Å². The van der Waals surface area contributed by atoms with Gasteiger partial charge >= 0.3 is 0 Å².